The first kappa shape index (κ1) is 12.3. The van der Waals surface area contributed by atoms with Crippen molar-refractivity contribution in [1.29, 1.82) is 0 Å². The number of halogens is 1. The van der Waals surface area contributed by atoms with Crippen molar-refractivity contribution in [2.45, 2.75) is 25.9 Å². The van der Waals surface area contributed by atoms with Gasteiger partial charge in [-0.15, -0.1) is 0 Å². The Morgan fingerprint density at radius 1 is 1.76 bits per heavy atom. The molecule has 0 spiro atoms. The van der Waals surface area contributed by atoms with Crippen LogP contribution in [0.2, 0.25) is 5.02 Å². The number of pyridine rings is 1. The summed E-state index contributed by atoms with van der Waals surface area (Å²) in [5.41, 5.74) is -0.0632. The first-order chi connectivity index (χ1) is 8.06. The summed E-state index contributed by atoms with van der Waals surface area (Å²) >= 11 is 6.02. The van der Waals surface area contributed by atoms with Gasteiger partial charge in [0, 0.05) is 19.0 Å². The zero-order chi connectivity index (χ0) is 12.5. The van der Waals surface area contributed by atoms with Crippen molar-refractivity contribution in [2.75, 3.05) is 6.61 Å². The molecule has 1 aliphatic rings. The van der Waals surface area contributed by atoms with Crippen LogP contribution in [0.15, 0.2) is 18.5 Å². The number of hydrogen-bond donors (Lipinski definition) is 1. The molecule has 1 N–H and O–H groups in total. The first-order valence-corrected chi connectivity index (χ1v) is 5.87. The van der Waals surface area contributed by atoms with Gasteiger partial charge < -0.3 is 9.84 Å². The molecule has 1 aromatic heterocycles. The second kappa shape index (κ2) is 4.63. The van der Waals surface area contributed by atoms with Gasteiger partial charge in [0.2, 0.25) is 0 Å². The van der Waals surface area contributed by atoms with Gasteiger partial charge in [0.25, 0.3) is 0 Å². The molecule has 2 rings (SSSR count). The van der Waals surface area contributed by atoms with Gasteiger partial charge in [-0.3, -0.25) is 9.78 Å². The Morgan fingerprint density at radius 2 is 2.53 bits per heavy atom. The van der Waals surface area contributed by atoms with Crippen molar-refractivity contribution in [3.8, 4) is 0 Å². The number of carboxylic acids is 1. The molecule has 0 aromatic carbocycles. The van der Waals surface area contributed by atoms with Crippen LogP contribution in [-0.2, 0) is 16.0 Å². The molecule has 0 bridgehead atoms. The van der Waals surface area contributed by atoms with Crippen LogP contribution in [0, 0.1) is 5.41 Å². The fourth-order valence-electron chi connectivity index (χ4n) is 2.26. The minimum atomic E-state index is -0.870. The maximum Gasteiger partial charge on any atom is 0.312 e. The Bertz CT molecular complexity index is 438. The third kappa shape index (κ3) is 2.15. The fourth-order valence-corrected chi connectivity index (χ4v) is 2.44. The number of nitrogens with zero attached hydrogens (tertiary/aromatic N) is 1. The summed E-state index contributed by atoms with van der Waals surface area (Å²) in [6.07, 6.45) is 3.75. The van der Waals surface area contributed by atoms with E-state index in [2.05, 4.69) is 4.98 Å². The van der Waals surface area contributed by atoms with Crippen molar-refractivity contribution < 1.29 is 14.6 Å². The predicted molar refractivity (Wildman–Crippen MR) is 63.1 cm³/mol. The van der Waals surface area contributed by atoms with Crippen LogP contribution in [0.4, 0.5) is 0 Å². The van der Waals surface area contributed by atoms with Gasteiger partial charge in [0.05, 0.1) is 16.5 Å². The van der Waals surface area contributed by atoms with Crippen LogP contribution in [0.3, 0.4) is 0 Å². The lowest BCUT2D eigenvalue weighted by atomic mass is 9.76. The second-order valence-electron chi connectivity index (χ2n) is 4.37. The van der Waals surface area contributed by atoms with E-state index in [9.17, 15) is 9.90 Å². The smallest absolute Gasteiger partial charge is 0.312 e. The van der Waals surface area contributed by atoms with E-state index in [1.54, 1.807) is 19.2 Å². The van der Waals surface area contributed by atoms with Gasteiger partial charge in [-0.1, -0.05) is 11.6 Å². The van der Waals surface area contributed by atoms with Crippen molar-refractivity contribution in [2.24, 2.45) is 5.41 Å². The monoisotopic (exact) mass is 255 g/mol. The van der Waals surface area contributed by atoms with Crippen molar-refractivity contribution in [3.63, 3.8) is 0 Å². The summed E-state index contributed by atoms with van der Waals surface area (Å²) in [5.74, 6) is -0.824. The minimum Gasteiger partial charge on any atom is -0.481 e. The third-order valence-electron chi connectivity index (χ3n) is 3.48. The number of carbonyl (C=O) groups is 1. The van der Waals surface area contributed by atoms with Gasteiger partial charge in [-0.25, -0.2) is 0 Å². The van der Waals surface area contributed by atoms with Crippen LogP contribution < -0.4 is 0 Å². The van der Waals surface area contributed by atoms with Gasteiger partial charge in [0.15, 0.2) is 0 Å². The topological polar surface area (TPSA) is 59.4 Å². The summed E-state index contributed by atoms with van der Waals surface area (Å²) in [4.78, 5) is 15.4. The summed E-state index contributed by atoms with van der Waals surface area (Å²) in [6.45, 7) is 2.28. The molecule has 2 atom stereocenters. The number of hydrogen-bond acceptors (Lipinski definition) is 3. The normalized spacial score (nSPS) is 28.2. The predicted octanol–water partition coefficient (Wildman–Crippen LogP) is 2.16. The minimum absolute atomic E-state index is 0.302. The first-order valence-electron chi connectivity index (χ1n) is 5.49. The van der Waals surface area contributed by atoms with Crippen molar-refractivity contribution >= 4 is 17.6 Å². The molecule has 92 valence electrons. The molecular formula is C12H14ClNO3. The highest BCUT2D eigenvalue weighted by molar-refractivity contribution is 6.31. The zero-order valence-electron chi connectivity index (χ0n) is 9.52. The fraction of sp³-hybridized carbons (Fsp3) is 0.500. The molecule has 1 fully saturated rings. The average molecular weight is 256 g/mol. The molecule has 1 aromatic rings. The van der Waals surface area contributed by atoms with Crippen LogP contribution in [0.5, 0.6) is 0 Å². The number of ether oxygens (including phenoxy) is 1. The number of aliphatic carboxylic acids is 1. The zero-order valence-corrected chi connectivity index (χ0v) is 10.3. The van der Waals surface area contributed by atoms with E-state index in [4.69, 9.17) is 16.3 Å². The summed E-state index contributed by atoms with van der Waals surface area (Å²) in [7, 11) is 0. The maximum atomic E-state index is 11.5. The summed E-state index contributed by atoms with van der Waals surface area (Å²) in [6, 6.07) is 1.76. The van der Waals surface area contributed by atoms with E-state index in [0.717, 1.165) is 5.56 Å². The Morgan fingerprint density at radius 3 is 3.06 bits per heavy atom. The number of aromatic nitrogens is 1. The van der Waals surface area contributed by atoms with Crippen molar-refractivity contribution in [1.82, 2.24) is 4.98 Å². The largest absolute Gasteiger partial charge is 0.481 e. The maximum absolute atomic E-state index is 11.5. The van der Waals surface area contributed by atoms with Crippen molar-refractivity contribution in [3.05, 3.63) is 29.0 Å². The molecule has 4 nitrogen and oxygen atoms in total. The third-order valence-corrected chi connectivity index (χ3v) is 3.82. The van der Waals surface area contributed by atoms with Gasteiger partial charge in [0.1, 0.15) is 0 Å². The van der Waals surface area contributed by atoms with Crippen LogP contribution in [-0.4, -0.2) is 28.8 Å². The lowest BCUT2D eigenvalue weighted by molar-refractivity contribution is -0.151. The molecule has 2 unspecified atom stereocenters. The van der Waals surface area contributed by atoms with Gasteiger partial charge >= 0.3 is 5.97 Å². The average Bonchev–Trinajstić information content (AvgIpc) is 2.65. The Hall–Kier alpha value is -1.13. The Kier molecular flexibility index (Phi) is 3.35. The van der Waals surface area contributed by atoms with E-state index in [0.29, 0.717) is 24.5 Å². The molecule has 5 heteroatoms. The molecule has 0 amide bonds. The van der Waals surface area contributed by atoms with E-state index in [1.807, 2.05) is 0 Å². The van der Waals surface area contributed by atoms with Crippen LogP contribution >= 0.6 is 11.6 Å². The molecule has 1 aliphatic heterocycles. The van der Waals surface area contributed by atoms with E-state index >= 15 is 0 Å². The molecular weight excluding hydrogens is 242 g/mol. The van der Waals surface area contributed by atoms with E-state index in [1.165, 1.54) is 6.20 Å². The molecule has 17 heavy (non-hydrogen) atoms. The Labute approximate surface area is 105 Å². The second-order valence-corrected chi connectivity index (χ2v) is 4.78. The number of carboxylic acid groups (broad SMARTS) is 1. The molecule has 1 saturated heterocycles. The molecule has 0 aliphatic carbocycles. The molecule has 2 heterocycles. The van der Waals surface area contributed by atoms with E-state index < -0.39 is 11.4 Å². The van der Waals surface area contributed by atoms with Gasteiger partial charge in [-0.05, 0) is 31.4 Å². The highest BCUT2D eigenvalue weighted by Gasteiger charge is 2.48. The highest BCUT2D eigenvalue weighted by atomic mass is 35.5. The van der Waals surface area contributed by atoms with Crippen LogP contribution in [0.25, 0.3) is 0 Å². The quantitative estimate of drug-likeness (QED) is 0.899. The lowest BCUT2D eigenvalue weighted by Gasteiger charge is -2.27. The van der Waals surface area contributed by atoms with E-state index in [-0.39, 0.29) is 6.10 Å². The SMILES string of the molecule is CC1OCCC1(Cc1ccncc1Cl)C(=O)O. The molecule has 0 radical (unpaired) electrons. The standard InChI is InChI=1S/C12H14ClNO3/c1-8-12(11(15)16,3-5-17-8)6-9-2-4-14-7-10(9)13/h2,4,7-8H,3,5-6H2,1H3,(H,15,16). The molecule has 0 saturated carbocycles. The number of rotatable bonds is 3. The Balaban J connectivity index is 2.31. The summed E-state index contributed by atoms with van der Waals surface area (Å²) in [5, 5.41) is 9.95. The van der Waals surface area contributed by atoms with Crippen LogP contribution in [0.1, 0.15) is 18.9 Å². The summed E-state index contributed by atoms with van der Waals surface area (Å²) < 4.78 is 5.40. The van der Waals surface area contributed by atoms with Gasteiger partial charge in [-0.2, -0.15) is 0 Å². The lowest BCUT2D eigenvalue weighted by Crippen LogP contribution is -2.39. The highest BCUT2D eigenvalue weighted by Crippen LogP contribution is 2.39.